The first-order valence-corrected chi connectivity index (χ1v) is 10.5. The highest BCUT2D eigenvalue weighted by atomic mass is 32.2. The van der Waals surface area contributed by atoms with Crippen molar-refractivity contribution in [2.75, 3.05) is 4.72 Å². The molecule has 1 heterocycles. The van der Waals surface area contributed by atoms with E-state index in [9.17, 15) is 21.6 Å². The van der Waals surface area contributed by atoms with E-state index in [1.54, 1.807) is 24.3 Å². The summed E-state index contributed by atoms with van der Waals surface area (Å²) in [7, 11) is -4.04. The Hall–Kier alpha value is -3.08. The Morgan fingerprint density at radius 1 is 1.10 bits per heavy atom. The summed E-state index contributed by atoms with van der Waals surface area (Å²) in [5, 5.41) is 3.94. The minimum Gasteiger partial charge on any atom is -0.406 e. The third-order valence-corrected chi connectivity index (χ3v) is 5.78. The highest BCUT2D eigenvalue weighted by molar-refractivity contribution is 7.92. The minimum atomic E-state index is -4.86. The molecule has 1 aliphatic rings. The Labute approximate surface area is 169 Å². The van der Waals surface area contributed by atoms with E-state index in [1.165, 1.54) is 0 Å². The lowest BCUT2D eigenvalue weighted by Gasteiger charge is -2.13. The number of ether oxygens (including phenoxy) is 1. The van der Waals surface area contributed by atoms with E-state index >= 15 is 0 Å². The first-order valence-electron chi connectivity index (χ1n) is 8.99. The molecule has 0 aliphatic heterocycles. The molecule has 0 radical (unpaired) electrons. The number of nitrogens with one attached hydrogen (secondary N) is 1. The number of sulfonamides is 1. The normalized spacial score (nSPS) is 14.5. The molecule has 0 amide bonds. The molecule has 3 aromatic rings. The van der Waals surface area contributed by atoms with Crippen LogP contribution in [0.25, 0.3) is 0 Å². The maximum absolute atomic E-state index is 12.7. The maximum atomic E-state index is 12.7. The summed E-state index contributed by atoms with van der Waals surface area (Å²) < 4.78 is 73.6. The third-order valence-electron chi connectivity index (χ3n) is 4.40. The molecule has 0 bridgehead atoms. The Balaban J connectivity index is 1.51. The van der Waals surface area contributed by atoms with Crippen molar-refractivity contribution in [3.63, 3.8) is 0 Å². The molecule has 30 heavy (non-hydrogen) atoms. The molecular formula is C19H16F3N3O4S. The van der Waals surface area contributed by atoms with Crippen molar-refractivity contribution in [3.8, 4) is 5.75 Å². The van der Waals surface area contributed by atoms with Crippen LogP contribution in [0.1, 0.15) is 36.0 Å². The van der Waals surface area contributed by atoms with Crippen molar-refractivity contribution in [3.05, 3.63) is 65.8 Å². The van der Waals surface area contributed by atoms with Crippen LogP contribution >= 0.6 is 0 Å². The molecule has 158 valence electrons. The third kappa shape index (κ3) is 4.90. The van der Waals surface area contributed by atoms with Gasteiger partial charge in [0.05, 0.1) is 17.0 Å². The average molecular weight is 439 g/mol. The van der Waals surface area contributed by atoms with E-state index in [2.05, 4.69) is 19.6 Å². The van der Waals surface area contributed by atoms with Gasteiger partial charge in [-0.25, -0.2) is 8.42 Å². The lowest BCUT2D eigenvalue weighted by atomic mass is 10.1. The van der Waals surface area contributed by atoms with Gasteiger partial charge in [-0.2, -0.15) is 4.98 Å². The van der Waals surface area contributed by atoms with E-state index in [0.717, 1.165) is 37.1 Å². The summed E-state index contributed by atoms with van der Waals surface area (Å²) in [5.41, 5.74) is 0.920. The molecule has 4 rings (SSSR count). The predicted molar refractivity (Wildman–Crippen MR) is 99.5 cm³/mol. The van der Waals surface area contributed by atoms with E-state index in [-0.39, 0.29) is 11.3 Å². The van der Waals surface area contributed by atoms with Crippen LogP contribution in [0.3, 0.4) is 0 Å². The van der Waals surface area contributed by atoms with Gasteiger partial charge in [0.2, 0.25) is 5.89 Å². The highest BCUT2D eigenvalue weighted by Crippen LogP contribution is 2.38. The van der Waals surface area contributed by atoms with Crippen LogP contribution in [-0.4, -0.2) is 24.9 Å². The van der Waals surface area contributed by atoms with Crippen molar-refractivity contribution >= 4 is 15.7 Å². The Kier molecular flexibility index (Phi) is 5.14. The second-order valence-electron chi connectivity index (χ2n) is 6.78. The van der Waals surface area contributed by atoms with E-state index in [4.69, 9.17) is 4.52 Å². The summed E-state index contributed by atoms with van der Waals surface area (Å²) in [4.78, 5) is 4.13. The van der Waals surface area contributed by atoms with Gasteiger partial charge < -0.3 is 9.26 Å². The van der Waals surface area contributed by atoms with Gasteiger partial charge in [0.15, 0.2) is 5.82 Å². The molecule has 7 nitrogen and oxygen atoms in total. The first-order chi connectivity index (χ1) is 14.2. The molecule has 11 heteroatoms. The van der Waals surface area contributed by atoms with Gasteiger partial charge in [-0.3, -0.25) is 4.72 Å². The number of benzene rings is 2. The number of halogens is 3. The van der Waals surface area contributed by atoms with Crippen molar-refractivity contribution < 1.29 is 30.8 Å². The van der Waals surface area contributed by atoms with E-state index in [1.807, 2.05) is 0 Å². The lowest BCUT2D eigenvalue weighted by molar-refractivity contribution is -0.274. The van der Waals surface area contributed by atoms with Gasteiger partial charge in [-0.15, -0.1) is 13.2 Å². The predicted octanol–water partition coefficient (Wildman–Crippen LogP) is 4.24. The van der Waals surface area contributed by atoms with Crippen LogP contribution < -0.4 is 9.46 Å². The average Bonchev–Trinajstić information content (AvgIpc) is 3.42. The quantitative estimate of drug-likeness (QED) is 0.592. The van der Waals surface area contributed by atoms with Gasteiger partial charge in [-0.05, 0) is 48.7 Å². The SMILES string of the molecule is O=S(=O)(Nc1ccccc1Cc1nc(C2CC2)no1)c1ccc(OC(F)(F)F)cc1. The van der Waals surface area contributed by atoms with Crippen LogP contribution in [0.5, 0.6) is 5.75 Å². The van der Waals surface area contributed by atoms with Gasteiger partial charge in [0.1, 0.15) is 5.75 Å². The van der Waals surface area contributed by atoms with Crippen molar-refractivity contribution in [1.82, 2.24) is 10.1 Å². The number of para-hydroxylation sites is 1. The lowest BCUT2D eigenvalue weighted by Crippen LogP contribution is -2.17. The summed E-state index contributed by atoms with van der Waals surface area (Å²) in [6, 6.07) is 10.6. The standard InChI is InChI=1S/C19H16F3N3O4S/c20-19(21,22)28-14-7-9-15(10-8-14)30(26,27)25-16-4-2-1-3-13(16)11-17-23-18(24-29-17)12-5-6-12/h1-4,7-10,12,25H,5-6,11H2. The summed E-state index contributed by atoms with van der Waals surface area (Å²) in [6.45, 7) is 0. The molecule has 1 aromatic heterocycles. The van der Waals surface area contributed by atoms with Crippen LogP contribution in [0.15, 0.2) is 57.9 Å². The molecule has 2 aromatic carbocycles. The molecule has 0 spiro atoms. The fourth-order valence-electron chi connectivity index (χ4n) is 2.81. The largest absolute Gasteiger partial charge is 0.573 e. The van der Waals surface area contributed by atoms with Gasteiger partial charge >= 0.3 is 6.36 Å². The molecule has 1 N–H and O–H groups in total. The number of hydrogen-bond donors (Lipinski definition) is 1. The zero-order valence-electron chi connectivity index (χ0n) is 15.4. The Morgan fingerprint density at radius 3 is 2.47 bits per heavy atom. The molecule has 0 saturated heterocycles. The van der Waals surface area contributed by atoms with E-state index < -0.39 is 22.1 Å². The monoisotopic (exact) mass is 439 g/mol. The smallest absolute Gasteiger partial charge is 0.406 e. The van der Waals surface area contributed by atoms with Crippen LogP contribution in [-0.2, 0) is 16.4 Å². The minimum absolute atomic E-state index is 0.208. The second-order valence-corrected chi connectivity index (χ2v) is 8.46. The first kappa shape index (κ1) is 20.2. The summed E-state index contributed by atoms with van der Waals surface area (Å²) >= 11 is 0. The van der Waals surface area contributed by atoms with E-state index in [0.29, 0.717) is 28.9 Å². The number of alkyl halides is 3. The molecular weight excluding hydrogens is 423 g/mol. The molecule has 1 fully saturated rings. The fourth-order valence-corrected chi connectivity index (χ4v) is 3.91. The Bertz CT molecular complexity index is 1140. The highest BCUT2D eigenvalue weighted by Gasteiger charge is 2.31. The number of hydrogen-bond acceptors (Lipinski definition) is 6. The number of nitrogens with zero attached hydrogens (tertiary/aromatic N) is 2. The van der Waals surface area contributed by atoms with Gasteiger partial charge in [0, 0.05) is 5.92 Å². The number of aromatic nitrogens is 2. The maximum Gasteiger partial charge on any atom is 0.573 e. The zero-order chi connectivity index (χ0) is 21.4. The molecule has 1 aliphatic carbocycles. The van der Waals surface area contributed by atoms with Crippen molar-refractivity contribution in [1.29, 1.82) is 0 Å². The van der Waals surface area contributed by atoms with Gasteiger partial charge in [0.25, 0.3) is 10.0 Å². The Morgan fingerprint density at radius 2 is 1.80 bits per heavy atom. The van der Waals surface area contributed by atoms with Crippen LogP contribution in [0, 0.1) is 0 Å². The van der Waals surface area contributed by atoms with Gasteiger partial charge in [-0.1, -0.05) is 23.4 Å². The molecule has 1 saturated carbocycles. The number of rotatable bonds is 7. The van der Waals surface area contributed by atoms with Crippen molar-refractivity contribution in [2.45, 2.75) is 36.4 Å². The second kappa shape index (κ2) is 7.63. The molecule has 0 atom stereocenters. The van der Waals surface area contributed by atoms with Crippen LogP contribution in [0.4, 0.5) is 18.9 Å². The fraction of sp³-hybridized carbons (Fsp3) is 0.263. The summed E-state index contributed by atoms with van der Waals surface area (Å²) in [6.07, 6.45) is -2.56. The number of anilines is 1. The molecule has 0 unspecified atom stereocenters. The zero-order valence-corrected chi connectivity index (χ0v) is 16.2. The van der Waals surface area contributed by atoms with Crippen LogP contribution in [0.2, 0.25) is 0 Å². The van der Waals surface area contributed by atoms with Crippen molar-refractivity contribution in [2.24, 2.45) is 0 Å². The topological polar surface area (TPSA) is 94.3 Å². The summed E-state index contributed by atoms with van der Waals surface area (Å²) in [5.74, 6) is 0.853.